The Hall–Kier alpha value is -4.39. The molecule has 0 spiro atoms. The van der Waals surface area contributed by atoms with Crippen LogP contribution in [0.2, 0.25) is 0 Å². The van der Waals surface area contributed by atoms with Gasteiger partial charge in [0.15, 0.2) is 6.23 Å². The van der Waals surface area contributed by atoms with Gasteiger partial charge in [-0.25, -0.2) is 18.4 Å². The van der Waals surface area contributed by atoms with Crippen LogP contribution < -0.4 is 5.73 Å². The molecule has 212 valence electrons. The molecule has 1 aliphatic rings. The van der Waals surface area contributed by atoms with Crippen molar-refractivity contribution in [1.29, 1.82) is 0 Å². The number of aromatic nitrogens is 3. The Balaban J connectivity index is 1.43. The molecule has 14 heteroatoms. The number of aliphatic hydroxyl groups is 2. The van der Waals surface area contributed by atoms with Gasteiger partial charge in [0.1, 0.15) is 36.1 Å². The molecule has 0 saturated carbocycles. The summed E-state index contributed by atoms with van der Waals surface area (Å²) in [5, 5.41) is 33.5. The highest BCUT2D eigenvalue weighted by Crippen LogP contribution is 2.35. The van der Waals surface area contributed by atoms with Crippen molar-refractivity contribution in [3.8, 4) is 11.8 Å². The Labute approximate surface area is 235 Å². The fraction of sp³-hybridized carbons (Fsp3) is 0.259. The van der Waals surface area contributed by atoms with Gasteiger partial charge in [-0.15, -0.1) is 0 Å². The Morgan fingerprint density at radius 1 is 1.15 bits per heavy atom. The van der Waals surface area contributed by atoms with Gasteiger partial charge in [0.25, 0.3) is 5.69 Å². The first-order valence-electron chi connectivity index (χ1n) is 12.4. The monoisotopic (exact) mass is 578 g/mol. The largest absolute Gasteiger partial charge is 0.387 e. The minimum absolute atomic E-state index is 0.161. The van der Waals surface area contributed by atoms with Crippen LogP contribution in [0.3, 0.4) is 0 Å². The summed E-state index contributed by atoms with van der Waals surface area (Å²) in [6.07, 6.45) is -2.40. The summed E-state index contributed by atoms with van der Waals surface area (Å²) < 4.78 is 34.8. The number of anilines is 1. The summed E-state index contributed by atoms with van der Waals surface area (Å²) in [5.41, 5.74) is 7.65. The maximum absolute atomic E-state index is 13.2. The van der Waals surface area contributed by atoms with E-state index < -0.39 is 39.5 Å². The van der Waals surface area contributed by atoms with Crippen LogP contribution in [-0.2, 0) is 14.8 Å². The maximum Gasteiger partial charge on any atom is 0.273 e. The van der Waals surface area contributed by atoms with Crippen molar-refractivity contribution in [2.45, 2.75) is 36.4 Å². The van der Waals surface area contributed by atoms with Crippen LogP contribution in [-0.4, -0.2) is 74.3 Å². The predicted octanol–water partition coefficient (Wildman–Crippen LogP) is 1.57. The molecule has 0 unspecified atom stereocenters. The van der Waals surface area contributed by atoms with Gasteiger partial charge in [0.2, 0.25) is 10.0 Å². The summed E-state index contributed by atoms with van der Waals surface area (Å²) in [7, 11) is -2.94. The number of sulfonamides is 1. The van der Waals surface area contributed by atoms with Gasteiger partial charge in [-0.3, -0.25) is 10.1 Å². The van der Waals surface area contributed by atoms with Crippen molar-refractivity contribution in [2.24, 2.45) is 0 Å². The van der Waals surface area contributed by atoms with Crippen LogP contribution in [0.1, 0.15) is 22.9 Å². The van der Waals surface area contributed by atoms with E-state index >= 15 is 0 Å². The summed E-state index contributed by atoms with van der Waals surface area (Å²) in [6.45, 7) is 1.15. The number of benzene rings is 2. The summed E-state index contributed by atoms with van der Waals surface area (Å²) in [4.78, 5) is 18.7. The number of aliphatic hydroxyl groups excluding tert-OH is 2. The molecule has 2 aromatic carbocycles. The second-order valence-electron chi connectivity index (χ2n) is 9.56. The van der Waals surface area contributed by atoms with Crippen LogP contribution in [0.5, 0.6) is 0 Å². The first kappa shape index (κ1) is 28.1. The molecule has 0 radical (unpaired) electrons. The lowest BCUT2D eigenvalue weighted by atomic mass is 10.1. The predicted molar refractivity (Wildman–Crippen MR) is 148 cm³/mol. The highest BCUT2D eigenvalue weighted by molar-refractivity contribution is 7.89. The van der Waals surface area contributed by atoms with Gasteiger partial charge in [-0.05, 0) is 25.1 Å². The molecule has 41 heavy (non-hydrogen) atoms. The molecule has 0 bridgehead atoms. The number of likely N-dealkylation sites (N-methyl/N-ethyl adjacent to an activating group) is 1. The average Bonchev–Trinajstić information content (AvgIpc) is 3.45. The molecule has 13 nitrogen and oxygen atoms in total. The molecular formula is C27H26N6O7S. The third kappa shape index (κ3) is 5.24. The van der Waals surface area contributed by atoms with Crippen molar-refractivity contribution < 1.29 is 28.3 Å². The lowest BCUT2D eigenvalue weighted by Gasteiger charge is -2.22. The van der Waals surface area contributed by atoms with Crippen molar-refractivity contribution >= 4 is 32.6 Å². The van der Waals surface area contributed by atoms with Crippen LogP contribution >= 0.6 is 0 Å². The lowest BCUT2D eigenvalue weighted by molar-refractivity contribution is -0.385. The van der Waals surface area contributed by atoms with E-state index in [2.05, 4.69) is 21.8 Å². The topological polar surface area (TPSA) is 187 Å². The number of nitro benzene ring substituents is 1. The Bertz CT molecular complexity index is 1800. The van der Waals surface area contributed by atoms with E-state index in [-0.39, 0.29) is 22.9 Å². The zero-order chi connectivity index (χ0) is 29.5. The fourth-order valence-corrected chi connectivity index (χ4v) is 5.85. The number of rotatable bonds is 6. The van der Waals surface area contributed by atoms with Gasteiger partial charge in [-0.1, -0.05) is 36.1 Å². The molecule has 4 atom stereocenters. The van der Waals surface area contributed by atoms with E-state index in [1.165, 1.54) is 37.0 Å². The van der Waals surface area contributed by atoms with E-state index in [4.69, 9.17) is 10.5 Å². The van der Waals surface area contributed by atoms with Crippen LogP contribution in [0.4, 0.5) is 11.5 Å². The minimum Gasteiger partial charge on any atom is -0.387 e. The van der Waals surface area contributed by atoms with E-state index in [0.29, 0.717) is 22.2 Å². The third-order valence-corrected chi connectivity index (χ3v) is 8.71. The Morgan fingerprint density at radius 2 is 1.88 bits per heavy atom. The quantitative estimate of drug-likeness (QED) is 0.172. The fourth-order valence-electron chi connectivity index (χ4n) is 4.65. The van der Waals surface area contributed by atoms with E-state index in [1.807, 2.05) is 30.3 Å². The smallest absolute Gasteiger partial charge is 0.273 e. The van der Waals surface area contributed by atoms with E-state index in [9.17, 15) is 28.7 Å². The highest BCUT2D eigenvalue weighted by Gasteiger charge is 2.45. The number of hydrogen-bond donors (Lipinski definition) is 3. The van der Waals surface area contributed by atoms with Crippen molar-refractivity contribution in [1.82, 2.24) is 18.8 Å². The molecule has 3 heterocycles. The van der Waals surface area contributed by atoms with Gasteiger partial charge in [0, 0.05) is 37.0 Å². The Morgan fingerprint density at radius 3 is 2.59 bits per heavy atom. The maximum atomic E-state index is 13.2. The number of aryl methyl sites for hydroxylation is 1. The van der Waals surface area contributed by atoms with Gasteiger partial charge < -0.3 is 25.3 Å². The van der Waals surface area contributed by atoms with E-state index in [1.54, 1.807) is 6.20 Å². The molecular weight excluding hydrogens is 552 g/mol. The van der Waals surface area contributed by atoms with Crippen LogP contribution in [0.25, 0.3) is 11.0 Å². The number of hydrogen-bond acceptors (Lipinski definition) is 10. The molecule has 1 fully saturated rings. The number of fused-ring (bicyclic) bond motifs is 1. The third-order valence-electron chi connectivity index (χ3n) is 6.89. The summed E-state index contributed by atoms with van der Waals surface area (Å²) in [5.74, 6) is 6.25. The number of nitrogens with two attached hydrogens (primary N) is 1. The van der Waals surface area contributed by atoms with Crippen molar-refractivity contribution in [3.05, 3.63) is 87.9 Å². The van der Waals surface area contributed by atoms with Gasteiger partial charge >= 0.3 is 0 Å². The molecule has 5 rings (SSSR count). The van der Waals surface area contributed by atoms with Crippen LogP contribution in [0, 0.1) is 28.9 Å². The Kier molecular flexibility index (Phi) is 7.47. The van der Waals surface area contributed by atoms with Gasteiger partial charge in [0.05, 0.1) is 20.8 Å². The molecule has 1 saturated heterocycles. The number of nitrogens with zero attached hydrogens (tertiary/aromatic N) is 5. The molecule has 0 aliphatic carbocycles. The highest BCUT2D eigenvalue weighted by atomic mass is 32.2. The first-order valence-corrected chi connectivity index (χ1v) is 13.8. The molecule has 4 N–H and O–H groups in total. The summed E-state index contributed by atoms with van der Waals surface area (Å²) in [6, 6.07) is 12.9. The molecule has 0 amide bonds. The lowest BCUT2D eigenvalue weighted by Crippen LogP contribution is -2.40. The first-order chi connectivity index (χ1) is 19.5. The van der Waals surface area contributed by atoms with Crippen LogP contribution in [0.15, 0.2) is 66.0 Å². The second-order valence-corrected chi connectivity index (χ2v) is 11.6. The number of ether oxygens (including phenoxy) is 1. The van der Waals surface area contributed by atoms with Crippen molar-refractivity contribution in [3.63, 3.8) is 0 Å². The number of nitrogen functional groups attached to an aromatic ring is 1. The SMILES string of the molecule is Cc1ccc(S(=O)(=O)N(C)C[C@H]2O[C@@H](n3cc(C#Cc4ccccc4)c4c(N)ncnc43)[C@H](O)[C@@H]2O)cc1[N+](=O)[O-]. The van der Waals surface area contributed by atoms with E-state index in [0.717, 1.165) is 15.9 Å². The zero-order valence-corrected chi connectivity index (χ0v) is 22.8. The molecule has 2 aromatic heterocycles. The molecule has 1 aliphatic heterocycles. The minimum atomic E-state index is -4.20. The number of nitro groups is 1. The standard InChI is InChI=1S/C27H26N6O7S/c1-16-8-11-19(12-20(16)33(36)37)41(38,39)31(2)14-21-23(34)24(35)27(40-21)32-13-18(10-9-17-6-4-3-5-7-17)22-25(28)29-15-30-26(22)32/h3-8,11-13,15,21,23-24,27,34-35H,14H2,1-2H3,(H2,28,29,30)/t21-,23-,24-,27-/m1/s1. The second kappa shape index (κ2) is 10.9. The normalized spacial score (nSPS) is 20.7. The zero-order valence-electron chi connectivity index (χ0n) is 21.9. The van der Waals surface area contributed by atoms with Gasteiger partial charge in [-0.2, -0.15) is 4.31 Å². The summed E-state index contributed by atoms with van der Waals surface area (Å²) >= 11 is 0. The molecule has 4 aromatic rings. The van der Waals surface area contributed by atoms with Crippen molar-refractivity contribution in [2.75, 3.05) is 19.3 Å². The average molecular weight is 579 g/mol.